The number of hydrogen-bond acceptors (Lipinski definition) is 4. The fraction of sp³-hybridized carbons (Fsp3) is 0.0909. The van der Waals surface area contributed by atoms with E-state index < -0.39 is 5.97 Å². The second kappa shape index (κ2) is 5.14. The minimum absolute atomic E-state index is 0.204. The summed E-state index contributed by atoms with van der Waals surface area (Å²) < 4.78 is 0. The molecule has 0 aliphatic carbocycles. The SMILES string of the molecule is Cc1nc(Nc2cc(Cl)ccc2Cl)sc1C(=O)O. The second-order valence-corrected chi connectivity index (χ2v) is 5.33. The Labute approximate surface area is 117 Å². The molecule has 2 N–H and O–H groups in total. The zero-order chi connectivity index (χ0) is 13.3. The fourth-order valence-electron chi connectivity index (χ4n) is 1.36. The van der Waals surface area contributed by atoms with Crippen LogP contribution in [0.2, 0.25) is 10.0 Å². The molecular formula is C11H8Cl2N2O2S. The van der Waals surface area contributed by atoms with Crippen LogP contribution in [0.1, 0.15) is 15.4 Å². The summed E-state index contributed by atoms with van der Waals surface area (Å²) in [6.45, 7) is 1.64. The molecule has 0 aliphatic heterocycles. The van der Waals surface area contributed by atoms with Crippen LogP contribution in [0.5, 0.6) is 0 Å². The van der Waals surface area contributed by atoms with Gasteiger partial charge in [0.15, 0.2) is 5.13 Å². The van der Waals surface area contributed by atoms with Gasteiger partial charge in [0.2, 0.25) is 0 Å². The summed E-state index contributed by atoms with van der Waals surface area (Å²) in [7, 11) is 0. The minimum Gasteiger partial charge on any atom is -0.477 e. The van der Waals surface area contributed by atoms with E-state index in [9.17, 15) is 4.79 Å². The van der Waals surface area contributed by atoms with Gasteiger partial charge in [-0.1, -0.05) is 34.5 Å². The molecule has 18 heavy (non-hydrogen) atoms. The maximum absolute atomic E-state index is 10.9. The molecule has 0 amide bonds. The predicted molar refractivity (Wildman–Crippen MR) is 73.6 cm³/mol. The van der Waals surface area contributed by atoms with Crippen LogP contribution in [0, 0.1) is 6.92 Å². The molecule has 2 aromatic rings. The van der Waals surface area contributed by atoms with Crippen LogP contribution < -0.4 is 5.32 Å². The molecule has 0 fully saturated rings. The second-order valence-electron chi connectivity index (χ2n) is 3.49. The number of rotatable bonds is 3. The van der Waals surface area contributed by atoms with E-state index >= 15 is 0 Å². The highest BCUT2D eigenvalue weighted by Crippen LogP contribution is 2.31. The van der Waals surface area contributed by atoms with Gasteiger partial charge in [0.1, 0.15) is 4.88 Å². The molecule has 4 nitrogen and oxygen atoms in total. The van der Waals surface area contributed by atoms with Gasteiger partial charge in [0.25, 0.3) is 0 Å². The fourth-order valence-corrected chi connectivity index (χ4v) is 2.51. The number of aromatic carboxylic acids is 1. The number of thiazole rings is 1. The van der Waals surface area contributed by atoms with Gasteiger partial charge in [0.05, 0.1) is 16.4 Å². The molecule has 1 aromatic carbocycles. The van der Waals surface area contributed by atoms with Gasteiger partial charge < -0.3 is 10.4 Å². The number of nitrogens with zero attached hydrogens (tertiary/aromatic N) is 1. The van der Waals surface area contributed by atoms with Crippen LogP contribution in [0.15, 0.2) is 18.2 Å². The number of halogens is 2. The highest BCUT2D eigenvalue weighted by Gasteiger charge is 2.14. The van der Waals surface area contributed by atoms with Crippen molar-refractivity contribution in [2.75, 3.05) is 5.32 Å². The monoisotopic (exact) mass is 302 g/mol. The zero-order valence-electron chi connectivity index (χ0n) is 9.20. The van der Waals surface area contributed by atoms with Crippen molar-refractivity contribution in [1.82, 2.24) is 4.98 Å². The third-order valence-electron chi connectivity index (χ3n) is 2.16. The molecule has 0 aliphatic rings. The van der Waals surface area contributed by atoms with Crippen molar-refractivity contribution in [2.45, 2.75) is 6.92 Å². The van der Waals surface area contributed by atoms with Gasteiger partial charge >= 0.3 is 5.97 Å². The van der Waals surface area contributed by atoms with Gasteiger partial charge in [-0.05, 0) is 25.1 Å². The maximum atomic E-state index is 10.9. The Kier molecular flexibility index (Phi) is 3.75. The average Bonchev–Trinajstić information content (AvgIpc) is 2.65. The third kappa shape index (κ3) is 2.75. The number of aromatic nitrogens is 1. The Hall–Kier alpha value is -1.30. The third-order valence-corrected chi connectivity index (χ3v) is 3.79. The zero-order valence-corrected chi connectivity index (χ0v) is 11.5. The van der Waals surface area contributed by atoms with E-state index in [2.05, 4.69) is 10.3 Å². The van der Waals surface area contributed by atoms with Crippen molar-refractivity contribution in [3.8, 4) is 0 Å². The normalized spacial score (nSPS) is 10.4. The summed E-state index contributed by atoms with van der Waals surface area (Å²) in [6.07, 6.45) is 0. The number of carbonyl (C=O) groups is 1. The smallest absolute Gasteiger partial charge is 0.347 e. The first-order valence-electron chi connectivity index (χ1n) is 4.90. The van der Waals surface area contributed by atoms with Crippen LogP contribution >= 0.6 is 34.5 Å². The Morgan fingerprint density at radius 2 is 2.17 bits per heavy atom. The molecule has 7 heteroatoms. The van der Waals surface area contributed by atoms with E-state index in [1.807, 2.05) is 0 Å². The molecule has 94 valence electrons. The maximum Gasteiger partial charge on any atom is 0.347 e. The van der Waals surface area contributed by atoms with E-state index in [-0.39, 0.29) is 4.88 Å². The largest absolute Gasteiger partial charge is 0.477 e. The molecule has 0 bridgehead atoms. The minimum atomic E-state index is -0.991. The predicted octanol–water partition coefficient (Wildman–Crippen LogP) is 4.20. The van der Waals surface area contributed by atoms with Crippen molar-refractivity contribution < 1.29 is 9.90 Å². The van der Waals surface area contributed by atoms with Gasteiger partial charge in [-0.3, -0.25) is 0 Å². The summed E-state index contributed by atoms with van der Waals surface area (Å²) >= 11 is 12.9. The van der Waals surface area contributed by atoms with E-state index in [4.69, 9.17) is 28.3 Å². The van der Waals surface area contributed by atoms with Gasteiger partial charge in [-0.15, -0.1) is 0 Å². The van der Waals surface area contributed by atoms with Crippen molar-refractivity contribution in [2.24, 2.45) is 0 Å². The van der Waals surface area contributed by atoms with Crippen LogP contribution in [0.3, 0.4) is 0 Å². The first-order chi connectivity index (χ1) is 8.47. The van der Waals surface area contributed by atoms with Gasteiger partial charge in [0, 0.05) is 5.02 Å². The van der Waals surface area contributed by atoms with E-state index in [0.717, 1.165) is 11.3 Å². The summed E-state index contributed by atoms with van der Waals surface area (Å²) in [6, 6.07) is 4.98. The van der Waals surface area contributed by atoms with Crippen LogP contribution in [-0.2, 0) is 0 Å². The number of anilines is 2. The molecule has 0 radical (unpaired) electrons. The molecule has 2 rings (SSSR count). The molecule has 1 aromatic heterocycles. The van der Waals surface area contributed by atoms with Crippen LogP contribution in [-0.4, -0.2) is 16.1 Å². The van der Waals surface area contributed by atoms with Crippen LogP contribution in [0.4, 0.5) is 10.8 Å². The lowest BCUT2D eigenvalue weighted by atomic mass is 10.3. The summed E-state index contributed by atoms with van der Waals surface area (Å²) in [4.78, 5) is 15.2. The highest BCUT2D eigenvalue weighted by molar-refractivity contribution is 7.17. The number of carboxylic acids is 1. The Bertz CT molecular complexity index is 613. The summed E-state index contributed by atoms with van der Waals surface area (Å²) in [5.74, 6) is -0.991. The van der Waals surface area contributed by atoms with E-state index in [1.54, 1.807) is 25.1 Å². The molecular weight excluding hydrogens is 295 g/mol. The Morgan fingerprint density at radius 3 is 2.78 bits per heavy atom. The number of carboxylic acid groups (broad SMARTS) is 1. The van der Waals surface area contributed by atoms with Crippen LogP contribution in [0.25, 0.3) is 0 Å². The molecule has 0 saturated heterocycles. The molecule has 0 spiro atoms. The summed E-state index contributed by atoms with van der Waals surface area (Å²) in [5.41, 5.74) is 1.06. The molecule has 1 heterocycles. The standard InChI is InChI=1S/C11H8Cl2N2O2S/c1-5-9(10(16)17)18-11(14-5)15-8-4-6(12)2-3-7(8)13/h2-4H,1H3,(H,14,15)(H,16,17). The molecule has 0 atom stereocenters. The lowest BCUT2D eigenvalue weighted by molar-refractivity contribution is 0.0701. The number of benzene rings is 1. The highest BCUT2D eigenvalue weighted by atomic mass is 35.5. The number of nitrogens with one attached hydrogen (secondary N) is 1. The molecule has 0 saturated carbocycles. The number of aryl methyl sites for hydroxylation is 1. The van der Waals surface area contributed by atoms with E-state index in [1.165, 1.54) is 0 Å². The number of hydrogen-bond donors (Lipinski definition) is 2. The Balaban J connectivity index is 2.31. The van der Waals surface area contributed by atoms with Crippen molar-refractivity contribution in [3.63, 3.8) is 0 Å². The lowest BCUT2D eigenvalue weighted by Gasteiger charge is -2.05. The lowest BCUT2D eigenvalue weighted by Crippen LogP contribution is -1.94. The summed E-state index contributed by atoms with van der Waals surface area (Å²) in [5, 5.41) is 13.4. The van der Waals surface area contributed by atoms with Crippen molar-refractivity contribution >= 4 is 51.3 Å². The van der Waals surface area contributed by atoms with Crippen molar-refractivity contribution in [1.29, 1.82) is 0 Å². The van der Waals surface area contributed by atoms with Gasteiger partial charge in [-0.25, -0.2) is 9.78 Å². The van der Waals surface area contributed by atoms with E-state index in [0.29, 0.717) is 26.6 Å². The Morgan fingerprint density at radius 1 is 1.44 bits per heavy atom. The average molecular weight is 303 g/mol. The van der Waals surface area contributed by atoms with Crippen molar-refractivity contribution in [3.05, 3.63) is 38.8 Å². The molecule has 0 unspecified atom stereocenters. The quantitative estimate of drug-likeness (QED) is 0.892. The topological polar surface area (TPSA) is 62.2 Å². The first-order valence-corrected chi connectivity index (χ1v) is 6.47. The van der Waals surface area contributed by atoms with Gasteiger partial charge in [-0.2, -0.15) is 0 Å². The first kappa shape index (κ1) is 13.1.